The second-order valence-corrected chi connectivity index (χ2v) is 6.84. The van der Waals surface area contributed by atoms with E-state index in [4.69, 9.17) is 9.79 Å². The fourth-order valence-corrected chi connectivity index (χ4v) is 3.49. The van der Waals surface area contributed by atoms with Gasteiger partial charge < -0.3 is 14.7 Å². The summed E-state index contributed by atoms with van der Waals surface area (Å²) < 4.78 is 0. The molecule has 0 saturated carbocycles. The lowest BCUT2D eigenvalue weighted by Gasteiger charge is -2.33. The summed E-state index contributed by atoms with van der Waals surface area (Å²) in [5.41, 5.74) is -0.222. The minimum atomic E-state index is -1.77. The summed E-state index contributed by atoms with van der Waals surface area (Å²) in [5.74, 6) is 1.41. The van der Waals surface area contributed by atoms with Gasteiger partial charge in [0.2, 0.25) is 0 Å². The van der Waals surface area contributed by atoms with Crippen molar-refractivity contribution in [3.63, 3.8) is 0 Å². The van der Waals surface area contributed by atoms with Gasteiger partial charge in [0.25, 0.3) is 5.56 Å². The molecule has 2 aromatic heterocycles. The highest BCUT2D eigenvalue weighted by molar-refractivity contribution is 7.45. The molecule has 0 aromatic carbocycles. The second kappa shape index (κ2) is 6.69. The maximum absolute atomic E-state index is 11.6. The van der Waals surface area contributed by atoms with Crippen molar-refractivity contribution in [3.05, 3.63) is 28.8 Å². The molecule has 22 heavy (non-hydrogen) atoms. The molecular formula is C14H19N4O3P. The fourth-order valence-electron chi connectivity index (χ4n) is 2.90. The average molecular weight is 322 g/mol. The number of piperidine rings is 1. The smallest absolute Gasteiger partial charge is 0.273 e. The van der Waals surface area contributed by atoms with E-state index in [1.54, 1.807) is 12.4 Å². The quantitative estimate of drug-likeness (QED) is 0.732. The lowest BCUT2D eigenvalue weighted by atomic mass is 9.94. The highest BCUT2D eigenvalue weighted by atomic mass is 31.2. The van der Waals surface area contributed by atoms with E-state index in [2.05, 4.69) is 20.1 Å². The van der Waals surface area contributed by atoms with Gasteiger partial charge in [0, 0.05) is 30.8 Å². The molecule has 0 bridgehead atoms. The molecule has 0 radical (unpaired) electrons. The van der Waals surface area contributed by atoms with Crippen molar-refractivity contribution in [2.75, 3.05) is 24.2 Å². The minimum Gasteiger partial charge on any atom is -0.357 e. The standard InChI is InChI=1S/C14H19N4O3P/c19-14-12-9-15-13(7-11(12)8-16-17-14)18-4-1-10(2-5-18)3-6-22(20)21/h7-10,20-21H,1-6H2,(H,17,19). The van der Waals surface area contributed by atoms with Gasteiger partial charge >= 0.3 is 0 Å². The summed E-state index contributed by atoms with van der Waals surface area (Å²) in [6.07, 6.45) is 6.66. The predicted octanol–water partition coefficient (Wildman–Crippen LogP) is 1.22. The molecule has 3 N–H and O–H groups in total. The van der Waals surface area contributed by atoms with E-state index in [0.29, 0.717) is 17.5 Å². The molecule has 118 valence electrons. The van der Waals surface area contributed by atoms with E-state index in [1.165, 1.54) is 0 Å². The number of H-pyrrole nitrogens is 1. The van der Waals surface area contributed by atoms with Gasteiger partial charge in [-0.05, 0) is 31.2 Å². The Morgan fingerprint density at radius 3 is 2.82 bits per heavy atom. The van der Waals surface area contributed by atoms with Gasteiger partial charge in [0.05, 0.1) is 11.6 Å². The van der Waals surface area contributed by atoms with E-state index < -0.39 is 8.38 Å². The number of anilines is 1. The number of aromatic nitrogens is 3. The first-order valence-electron chi connectivity index (χ1n) is 7.37. The van der Waals surface area contributed by atoms with Crippen molar-refractivity contribution in [1.29, 1.82) is 0 Å². The first kappa shape index (κ1) is 15.3. The largest absolute Gasteiger partial charge is 0.357 e. The number of nitrogens with zero attached hydrogens (tertiary/aromatic N) is 3. The molecule has 1 aliphatic rings. The van der Waals surface area contributed by atoms with Crippen molar-refractivity contribution in [3.8, 4) is 0 Å². The molecule has 0 unspecified atom stereocenters. The van der Waals surface area contributed by atoms with E-state index in [0.717, 1.165) is 43.6 Å². The maximum atomic E-state index is 11.6. The van der Waals surface area contributed by atoms with Gasteiger partial charge in [-0.15, -0.1) is 0 Å². The van der Waals surface area contributed by atoms with E-state index >= 15 is 0 Å². The zero-order chi connectivity index (χ0) is 15.5. The Morgan fingerprint density at radius 2 is 2.09 bits per heavy atom. The summed E-state index contributed by atoms with van der Waals surface area (Å²) in [5, 5.41) is 7.57. The molecule has 7 nitrogen and oxygen atoms in total. The summed E-state index contributed by atoms with van der Waals surface area (Å²) in [6.45, 7) is 1.79. The number of hydrogen-bond donors (Lipinski definition) is 3. The van der Waals surface area contributed by atoms with Crippen LogP contribution in [0.4, 0.5) is 5.82 Å². The third kappa shape index (κ3) is 3.43. The first-order valence-corrected chi connectivity index (χ1v) is 8.80. The highest BCUT2D eigenvalue weighted by Gasteiger charge is 2.21. The summed E-state index contributed by atoms with van der Waals surface area (Å²) >= 11 is 0. The lowest BCUT2D eigenvalue weighted by molar-refractivity contribution is 0.386. The van der Waals surface area contributed by atoms with Crippen LogP contribution in [-0.2, 0) is 0 Å². The SMILES string of the molecule is O=c1[nH]ncc2cc(N3CCC(CCP(O)O)CC3)ncc12. The van der Waals surface area contributed by atoms with Gasteiger partial charge in [-0.3, -0.25) is 4.79 Å². The molecule has 1 saturated heterocycles. The molecule has 1 fully saturated rings. The Bertz CT molecular complexity index is 698. The summed E-state index contributed by atoms with van der Waals surface area (Å²) in [7, 11) is -1.77. The predicted molar refractivity (Wildman–Crippen MR) is 85.9 cm³/mol. The molecule has 0 amide bonds. The van der Waals surface area contributed by atoms with Crippen LogP contribution in [0.2, 0.25) is 0 Å². The van der Waals surface area contributed by atoms with Crippen molar-refractivity contribution in [2.24, 2.45) is 5.92 Å². The average Bonchev–Trinajstić information content (AvgIpc) is 2.53. The molecular weight excluding hydrogens is 303 g/mol. The zero-order valence-corrected chi connectivity index (χ0v) is 13.0. The zero-order valence-electron chi connectivity index (χ0n) is 12.1. The number of nitrogens with one attached hydrogen (secondary N) is 1. The van der Waals surface area contributed by atoms with Crippen molar-refractivity contribution in [1.82, 2.24) is 15.2 Å². The van der Waals surface area contributed by atoms with Crippen LogP contribution in [0.1, 0.15) is 19.3 Å². The molecule has 3 heterocycles. The fraction of sp³-hybridized carbons (Fsp3) is 0.500. The van der Waals surface area contributed by atoms with Gasteiger partial charge in [-0.25, -0.2) is 10.1 Å². The number of hydrogen-bond acceptors (Lipinski definition) is 6. The van der Waals surface area contributed by atoms with E-state index in [9.17, 15) is 4.79 Å². The molecule has 0 aliphatic carbocycles. The van der Waals surface area contributed by atoms with Gasteiger partial charge in [0.15, 0.2) is 8.38 Å². The van der Waals surface area contributed by atoms with Crippen LogP contribution in [0.3, 0.4) is 0 Å². The topological polar surface area (TPSA) is 102 Å². The molecule has 8 heteroatoms. The second-order valence-electron chi connectivity index (χ2n) is 5.64. The van der Waals surface area contributed by atoms with Crippen molar-refractivity contribution < 1.29 is 9.79 Å². The van der Waals surface area contributed by atoms with Crippen LogP contribution in [0, 0.1) is 5.92 Å². The van der Waals surface area contributed by atoms with Gasteiger partial charge in [-0.2, -0.15) is 5.10 Å². The number of fused-ring (bicyclic) bond motifs is 1. The normalized spacial score (nSPS) is 16.6. The van der Waals surface area contributed by atoms with Crippen LogP contribution in [0.5, 0.6) is 0 Å². The number of rotatable bonds is 4. The number of aromatic amines is 1. The third-order valence-electron chi connectivity index (χ3n) is 4.21. The van der Waals surface area contributed by atoms with E-state index in [-0.39, 0.29) is 5.56 Å². The summed E-state index contributed by atoms with van der Waals surface area (Å²) in [6, 6.07) is 1.90. The highest BCUT2D eigenvalue weighted by Crippen LogP contribution is 2.30. The van der Waals surface area contributed by atoms with Crippen molar-refractivity contribution in [2.45, 2.75) is 19.3 Å². The molecule has 1 aliphatic heterocycles. The van der Waals surface area contributed by atoms with Gasteiger partial charge in [-0.1, -0.05) is 0 Å². The lowest BCUT2D eigenvalue weighted by Crippen LogP contribution is -2.34. The summed E-state index contributed by atoms with van der Waals surface area (Å²) in [4.78, 5) is 36.2. The van der Waals surface area contributed by atoms with Crippen molar-refractivity contribution >= 4 is 25.0 Å². The Morgan fingerprint density at radius 1 is 1.32 bits per heavy atom. The molecule has 2 aromatic rings. The van der Waals surface area contributed by atoms with Crippen LogP contribution in [0.25, 0.3) is 10.8 Å². The van der Waals surface area contributed by atoms with Crippen LogP contribution in [0.15, 0.2) is 23.3 Å². The first-order chi connectivity index (χ1) is 10.6. The Hall–Kier alpha value is -1.56. The Kier molecular flexibility index (Phi) is 4.66. The molecule has 0 atom stereocenters. The maximum Gasteiger partial charge on any atom is 0.273 e. The van der Waals surface area contributed by atoms with Crippen LogP contribution < -0.4 is 10.5 Å². The Labute approximate surface area is 128 Å². The van der Waals surface area contributed by atoms with Crippen LogP contribution >= 0.6 is 8.38 Å². The number of pyridine rings is 1. The Balaban J connectivity index is 1.67. The third-order valence-corrected chi connectivity index (χ3v) is 4.87. The van der Waals surface area contributed by atoms with Crippen LogP contribution in [-0.4, -0.2) is 44.2 Å². The van der Waals surface area contributed by atoms with Gasteiger partial charge in [0.1, 0.15) is 5.82 Å². The molecule has 3 rings (SSSR count). The molecule has 0 spiro atoms. The van der Waals surface area contributed by atoms with E-state index in [1.807, 2.05) is 6.07 Å². The minimum absolute atomic E-state index is 0.222. The monoisotopic (exact) mass is 322 g/mol.